The van der Waals surface area contributed by atoms with Gasteiger partial charge in [-0.2, -0.15) is 4.98 Å². The van der Waals surface area contributed by atoms with Crippen molar-refractivity contribution in [1.82, 2.24) is 9.97 Å². The lowest BCUT2D eigenvalue weighted by atomic mass is 10.2. The van der Waals surface area contributed by atoms with E-state index in [9.17, 15) is 10.1 Å². The summed E-state index contributed by atoms with van der Waals surface area (Å²) in [6, 6.07) is 8.66. The lowest BCUT2D eigenvalue weighted by molar-refractivity contribution is -0.385. The number of nitro groups is 1. The number of para-hydroxylation sites is 1. The molecule has 7 heteroatoms. The zero-order valence-corrected chi connectivity index (χ0v) is 13.0. The molecule has 120 valence electrons. The standard InChI is InChI=1S/C16H19N5O2/c1-2-17-16-19-13(11-7-8-11)9-15(20-16)18-10-12-5-3-4-6-14(12)21(22)23/h3-6,9,11H,2,7-8,10H2,1H3,(H2,17,18,19,20). The average Bonchev–Trinajstić information content (AvgIpc) is 3.38. The number of benzene rings is 1. The minimum absolute atomic E-state index is 0.114. The third kappa shape index (κ3) is 3.74. The molecule has 0 radical (unpaired) electrons. The molecule has 1 fully saturated rings. The molecular formula is C16H19N5O2. The van der Waals surface area contributed by atoms with Crippen molar-refractivity contribution in [1.29, 1.82) is 0 Å². The molecule has 1 saturated carbocycles. The summed E-state index contributed by atoms with van der Waals surface area (Å²) in [6.45, 7) is 3.09. The molecule has 2 aromatic rings. The van der Waals surface area contributed by atoms with Crippen molar-refractivity contribution in [3.63, 3.8) is 0 Å². The van der Waals surface area contributed by atoms with E-state index in [2.05, 4.69) is 20.6 Å². The molecule has 2 N–H and O–H groups in total. The Bertz CT molecular complexity index is 715. The largest absolute Gasteiger partial charge is 0.366 e. The highest BCUT2D eigenvalue weighted by Crippen LogP contribution is 2.39. The predicted octanol–water partition coefficient (Wildman–Crippen LogP) is 3.31. The van der Waals surface area contributed by atoms with Crippen LogP contribution in [0.25, 0.3) is 0 Å². The van der Waals surface area contributed by atoms with E-state index in [0.717, 1.165) is 25.1 Å². The summed E-state index contributed by atoms with van der Waals surface area (Å²) in [5.74, 6) is 1.81. The first-order valence-electron chi connectivity index (χ1n) is 7.76. The first-order chi connectivity index (χ1) is 11.2. The van der Waals surface area contributed by atoms with Gasteiger partial charge in [-0.3, -0.25) is 10.1 Å². The van der Waals surface area contributed by atoms with Gasteiger partial charge in [0.15, 0.2) is 0 Å². The molecule has 23 heavy (non-hydrogen) atoms. The van der Waals surface area contributed by atoms with Crippen LogP contribution in [0, 0.1) is 10.1 Å². The number of nitrogens with one attached hydrogen (secondary N) is 2. The molecule has 0 spiro atoms. The molecule has 0 unspecified atom stereocenters. The quantitative estimate of drug-likeness (QED) is 0.602. The van der Waals surface area contributed by atoms with Gasteiger partial charge in [0.2, 0.25) is 5.95 Å². The zero-order valence-electron chi connectivity index (χ0n) is 13.0. The summed E-state index contributed by atoms with van der Waals surface area (Å²) in [5, 5.41) is 17.4. The topological polar surface area (TPSA) is 93.0 Å². The second-order valence-electron chi connectivity index (χ2n) is 5.55. The molecule has 3 rings (SSSR count). The molecule has 1 heterocycles. The predicted molar refractivity (Wildman–Crippen MR) is 88.6 cm³/mol. The number of anilines is 2. The molecule has 0 saturated heterocycles. The maximum atomic E-state index is 11.1. The van der Waals surface area contributed by atoms with E-state index in [0.29, 0.717) is 29.8 Å². The van der Waals surface area contributed by atoms with Crippen LogP contribution >= 0.6 is 0 Å². The Morgan fingerprint density at radius 2 is 2.04 bits per heavy atom. The van der Waals surface area contributed by atoms with Crippen LogP contribution in [-0.2, 0) is 6.54 Å². The highest BCUT2D eigenvalue weighted by molar-refractivity contribution is 5.47. The summed E-state index contributed by atoms with van der Waals surface area (Å²) < 4.78 is 0. The van der Waals surface area contributed by atoms with Crippen LogP contribution in [-0.4, -0.2) is 21.4 Å². The van der Waals surface area contributed by atoms with Gasteiger partial charge >= 0.3 is 0 Å². The van der Waals surface area contributed by atoms with Crippen molar-refractivity contribution >= 4 is 17.5 Å². The van der Waals surface area contributed by atoms with Gasteiger partial charge in [0.05, 0.1) is 10.6 Å². The van der Waals surface area contributed by atoms with Crippen molar-refractivity contribution < 1.29 is 4.92 Å². The van der Waals surface area contributed by atoms with E-state index < -0.39 is 0 Å². The van der Waals surface area contributed by atoms with Crippen LogP contribution in [0.15, 0.2) is 30.3 Å². The molecule has 1 aromatic heterocycles. The minimum Gasteiger partial charge on any atom is -0.366 e. The van der Waals surface area contributed by atoms with Crippen molar-refractivity contribution in [2.45, 2.75) is 32.2 Å². The number of hydrogen-bond acceptors (Lipinski definition) is 6. The highest BCUT2D eigenvalue weighted by atomic mass is 16.6. The first kappa shape index (κ1) is 15.2. The summed E-state index contributed by atoms with van der Waals surface area (Å²) in [5.41, 5.74) is 1.78. The highest BCUT2D eigenvalue weighted by Gasteiger charge is 2.26. The fourth-order valence-electron chi connectivity index (χ4n) is 2.41. The Morgan fingerprint density at radius 3 is 2.74 bits per heavy atom. The fraction of sp³-hybridized carbons (Fsp3) is 0.375. The van der Waals surface area contributed by atoms with Crippen molar-refractivity contribution in [3.05, 3.63) is 51.7 Å². The number of nitro benzene ring substituents is 1. The average molecular weight is 313 g/mol. The van der Waals surface area contributed by atoms with Gasteiger partial charge in [-0.05, 0) is 19.8 Å². The Kier molecular flexibility index (Phi) is 4.36. The van der Waals surface area contributed by atoms with Gasteiger partial charge in [-0.15, -0.1) is 0 Å². The number of hydrogen-bond donors (Lipinski definition) is 2. The Hall–Kier alpha value is -2.70. The Balaban J connectivity index is 1.78. The van der Waals surface area contributed by atoms with Crippen LogP contribution in [0.1, 0.15) is 36.9 Å². The summed E-state index contributed by atoms with van der Waals surface area (Å²) in [6.07, 6.45) is 2.32. The van der Waals surface area contributed by atoms with E-state index >= 15 is 0 Å². The van der Waals surface area contributed by atoms with Crippen LogP contribution in [0.4, 0.5) is 17.5 Å². The lowest BCUT2D eigenvalue weighted by Crippen LogP contribution is -2.09. The van der Waals surface area contributed by atoms with Crippen LogP contribution in [0.5, 0.6) is 0 Å². The van der Waals surface area contributed by atoms with Crippen molar-refractivity contribution in [2.24, 2.45) is 0 Å². The second-order valence-corrected chi connectivity index (χ2v) is 5.55. The molecule has 0 atom stereocenters. The first-order valence-corrected chi connectivity index (χ1v) is 7.76. The lowest BCUT2D eigenvalue weighted by Gasteiger charge is -2.10. The molecule has 0 bridgehead atoms. The maximum absolute atomic E-state index is 11.1. The van der Waals surface area contributed by atoms with E-state index in [1.54, 1.807) is 18.2 Å². The molecular weight excluding hydrogens is 294 g/mol. The van der Waals surface area contributed by atoms with E-state index in [-0.39, 0.29) is 10.6 Å². The minimum atomic E-state index is -0.364. The van der Waals surface area contributed by atoms with Gasteiger partial charge in [0, 0.05) is 36.7 Å². The fourth-order valence-corrected chi connectivity index (χ4v) is 2.41. The van der Waals surface area contributed by atoms with Gasteiger partial charge in [0.25, 0.3) is 5.69 Å². The van der Waals surface area contributed by atoms with Crippen molar-refractivity contribution in [2.75, 3.05) is 17.2 Å². The van der Waals surface area contributed by atoms with Gasteiger partial charge in [-0.1, -0.05) is 18.2 Å². The Labute approximate surface area is 134 Å². The normalized spacial score (nSPS) is 13.6. The number of rotatable bonds is 7. The zero-order chi connectivity index (χ0) is 16.2. The SMILES string of the molecule is CCNc1nc(NCc2ccccc2[N+](=O)[O-])cc(C2CC2)n1. The van der Waals surface area contributed by atoms with E-state index in [4.69, 9.17) is 0 Å². The summed E-state index contributed by atoms with van der Waals surface area (Å²) in [7, 11) is 0. The van der Waals surface area contributed by atoms with Gasteiger partial charge in [0.1, 0.15) is 5.82 Å². The maximum Gasteiger partial charge on any atom is 0.274 e. The van der Waals surface area contributed by atoms with Crippen LogP contribution < -0.4 is 10.6 Å². The second kappa shape index (κ2) is 6.60. The number of nitrogens with zero attached hydrogens (tertiary/aromatic N) is 3. The van der Waals surface area contributed by atoms with Gasteiger partial charge < -0.3 is 10.6 Å². The van der Waals surface area contributed by atoms with Crippen LogP contribution in [0.3, 0.4) is 0 Å². The summed E-state index contributed by atoms with van der Waals surface area (Å²) in [4.78, 5) is 19.6. The van der Waals surface area contributed by atoms with E-state index in [1.807, 2.05) is 13.0 Å². The summed E-state index contributed by atoms with van der Waals surface area (Å²) >= 11 is 0. The molecule has 1 aliphatic carbocycles. The molecule has 7 nitrogen and oxygen atoms in total. The van der Waals surface area contributed by atoms with Gasteiger partial charge in [-0.25, -0.2) is 4.98 Å². The Morgan fingerprint density at radius 1 is 1.26 bits per heavy atom. The third-order valence-corrected chi connectivity index (χ3v) is 3.72. The molecule has 0 amide bonds. The van der Waals surface area contributed by atoms with Crippen molar-refractivity contribution in [3.8, 4) is 0 Å². The molecule has 0 aliphatic heterocycles. The number of aromatic nitrogens is 2. The molecule has 1 aliphatic rings. The van der Waals surface area contributed by atoms with Crippen LogP contribution in [0.2, 0.25) is 0 Å². The van der Waals surface area contributed by atoms with E-state index in [1.165, 1.54) is 6.07 Å². The molecule has 1 aromatic carbocycles. The monoisotopic (exact) mass is 313 g/mol. The smallest absolute Gasteiger partial charge is 0.274 e. The third-order valence-electron chi connectivity index (χ3n) is 3.72.